The summed E-state index contributed by atoms with van der Waals surface area (Å²) in [6.45, 7) is 3.74. The standard InChI is InChI=1S/C11H18N4O/c1-11(16)3-2-6-15(8-11)10-9(7-12)13-4-5-14-10/h4-5,16H,2-3,6-8,12H2,1H3. The Morgan fingerprint density at radius 1 is 1.50 bits per heavy atom. The van der Waals surface area contributed by atoms with E-state index in [0.717, 1.165) is 30.9 Å². The van der Waals surface area contributed by atoms with Crippen molar-refractivity contribution in [3.8, 4) is 0 Å². The summed E-state index contributed by atoms with van der Waals surface area (Å²) < 4.78 is 0. The number of hydrogen-bond acceptors (Lipinski definition) is 5. The van der Waals surface area contributed by atoms with E-state index in [4.69, 9.17) is 5.73 Å². The number of aliphatic hydroxyl groups is 1. The van der Waals surface area contributed by atoms with Gasteiger partial charge in [-0.25, -0.2) is 4.98 Å². The van der Waals surface area contributed by atoms with Gasteiger partial charge in [-0.2, -0.15) is 0 Å². The Morgan fingerprint density at radius 3 is 2.94 bits per heavy atom. The molecule has 0 saturated carbocycles. The molecule has 0 spiro atoms. The van der Waals surface area contributed by atoms with Crippen LogP contribution in [0.4, 0.5) is 5.82 Å². The van der Waals surface area contributed by atoms with E-state index in [1.165, 1.54) is 0 Å². The third kappa shape index (κ3) is 2.31. The molecule has 5 heteroatoms. The van der Waals surface area contributed by atoms with Gasteiger partial charge in [-0.05, 0) is 19.8 Å². The van der Waals surface area contributed by atoms with Crippen LogP contribution in [0.15, 0.2) is 12.4 Å². The summed E-state index contributed by atoms with van der Waals surface area (Å²) in [5.41, 5.74) is 5.79. The maximum Gasteiger partial charge on any atom is 0.151 e. The molecule has 88 valence electrons. The van der Waals surface area contributed by atoms with Gasteiger partial charge in [0.15, 0.2) is 5.82 Å². The Hall–Kier alpha value is -1.20. The van der Waals surface area contributed by atoms with Gasteiger partial charge in [0, 0.05) is 32.0 Å². The summed E-state index contributed by atoms with van der Waals surface area (Å²) >= 11 is 0. The first-order valence-electron chi connectivity index (χ1n) is 5.60. The average Bonchev–Trinajstić information content (AvgIpc) is 2.27. The molecule has 0 bridgehead atoms. The van der Waals surface area contributed by atoms with E-state index in [0.29, 0.717) is 13.1 Å². The molecule has 1 unspecified atom stereocenters. The number of piperidine rings is 1. The Kier molecular flexibility index (Phi) is 3.07. The van der Waals surface area contributed by atoms with Gasteiger partial charge in [-0.3, -0.25) is 4.98 Å². The van der Waals surface area contributed by atoms with E-state index in [1.807, 2.05) is 6.92 Å². The molecule has 1 aliphatic heterocycles. The first-order chi connectivity index (χ1) is 7.62. The number of hydrogen-bond donors (Lipinski definition) is 2. The normalized spacial score (nSPS) is 25.8. The molecule has 0 aliphatic carbocycles. The lowest BCUT2D eigenvalue weighted by Gasteiger charge is -2.37. The van der Waals surface area contributed by atoms with Crippen molar-refractivity contribution < 1.29 is 5.11 Å². The van der Waals surface area contributed by atoms with E-state index in [9.17, 15) is 5.11 Å². The van der Waals surface area contributed by atoms with Crippen LogP contribution in [-0.2, 0) is 6.54 Å². The molecule has 1 fully saturated rings. The molecule has 1 atom stereocenters. The third-order valence-electron chi connectivity index (χ3n) is 2.92. The van der Waals surface area contributed by atoms with Crippen LogP contribution < -0.4 is 10.6 Å². The molecule has 3 N–H and O–H groups in total. The minimum atomic E-state index is -0.637. The summed E-state index contributed by atoms with van der Waals surface area (Å²) in [6.07, 6.45) is 5.11. The van der Waals surface area contributed by atoms with Crippen molar-refractivity contribution >= 4 is 5.82 Å². The summed E-state index contributed by atoms with van der Waals surface area (Å²) in [4.78, 5) is 10.6. The number of aromatic nitrogens is 2. The van der Waals surface area contributed by atoms with E-state index in [1.54, 1.807) is 12.4 Å². The van der Waals surface area contributed by atoms with E-state index in [2.05, 4.69) is 14.9 Å². The van der Waals surface area contributed by atoms with Crippen molar-refractivity contribution in [2.24, 2.45) is 5.73 Å². The molecular formula is C11H18N4O. The van der Waals surface area contributed by atoms with Crippen LogP contribution in [0, 0.1) is 0 Å². The van der Waals surface area contributed by atoms with Gasteiger partial charge in [-0.1, -0.05) is 0 Å². The van der Waals surface area contributed by atoms with E-state index in [-0.39, 0.29) is 0 Å². The fraction of sp³-hybridized carbons (Fsp3) is 0.636. The molecule has 5 nitrogen and oxygen atoms in total. The molecular weight excluding hydrogens is 204 g/mol. The monoisotopic (exact) mass is 222 g/mol. The Morgan fingerprint density at radius 2 is 2.25 bits per heavy atom. The van der Waals surface area contributed by atoms with Crippen molar-refractivity contribution in [3.05, 3.63) is 18.1 Å². The molecule has 2 heterocycles. The van der Waals surface area contributed by atoms with Crippen molar-refractivity contribution in [2.75, 3.05) is 18.0 Å². The van der Waals surface area contributed by atoms with E-state index < -0.39 is 5.60 Å². The lowest BCUT2D eigenvalue weighted by molar-refractivity contribution is 0.0446. The van der Waals surface area contributed by atoms with Crippen molar-refractivity contribution in [1.82, 2.24) is 9.97 Å². The second-order valence-electron chi connectivity index (χ2n) is 4.55. The smallest absolute Gasteiger partial charge is 0.151 e. The summed E-state index contributed by atoms with van der Waals surface area (Å²) in [7, 11) is 0. The van der Waals surface area contributed by atoms with Gasteiger partial charge in [0.1, 0.15) is 0 Å². The van der Waals surface area contributed by atoms with Crippen LogP contribution in [0.5, 0.6) is 0 Å². The quantitative estimate of drug-likeness (QED) is 0.752. The molecule has 1 aliphatic rings. The second kappa shape index (κ2) is 4.35. The fourth-order valence-electron chi connectivity index (χ4n) is 2.17. The lowest BCUT2D eigenvalue weighted by atomic mass is 9.95. The zero-order valence-electron chi connectivity index (χ0n) is 9.56. The number of β-amino-alcohol motifs (C(OH)–C–C–N with tert-alkyl or cyclic N) is 1. The third-order valence-corrected chi connectivity index (χ3v) is 2.92. The average molecular weight is 222 g/mol. The second-order valence-corrected chi connectivity index (χ2v) is 4.55. The highest BCUT2D eigenvalue weighted by Crippen LogP contribution is 2.25. The zero-order valence-corrected chi connectivity index (χ0v) is 9.56. The topological polar surface area (TPSA) is 75.3 Å². The Bertz CT molecular complexity index is 367. The van der Waals surface area contributed by atoms with Crippen LogP contribution in [0.1, 0.15) is 25.5 Å². The zero-order chi connectivity index (χ0) is 11.6. The van der Waals surface area contributed by atoms with Gasteiger partial charge in [0.25, 0.3) is 0 Å². The number of rotatable bonds is 2. The number of nitrogens with two attached hydrogens (primary N) is 1. The maximum absolute atomic E-state index is 10.0. The van der Waals surface area contributed by atoms with Gasteiger partial charge < -0.3 is 15.7 Å². The number of nitrogens with zero attached hydrogens (tertiary/aromatic N) is 3. The van der Waals surface area contributed by atoms with Gasteiger partial charge >= 0.3 is 0 Å². The van der Waals surface area contributed by atoms with Crippen LogP contribution in [0.3, 0.4) is 0 Å². The molecule has 1 saturated heterocycles. The first-order valence-corrected chi connectivity index (χ1v) is 5.60. The van der Waals surface area contributed by atoms with Crippen molar-refractivity contribution in [2.45, 2.75) is 31.9 Å². The molecule has 2 rings (SSSR count). The molecule has 1 aromatic rings. The highest BCUT2D eigenvalue weighted by atomic mass is 16.3. The van der Waals surface area contributed by atoms with Gasteiger partial charge in [-0.15, -0.1) is 0 Å². The van der Waals surface area contributed by atoms with Gasteiger partial charge in [0.05, 0.1) is 11.3 Å². The first kappa shape index (κ1) is 11.3. The van der Waals surface area contributed by atoms with E-state index >= 15 is 0 Å². The molecule has 0 amide bonds. The summed E-state index contributed by atoms with van der Waals surface area (Å²) in [5, 5.41) is 10.0. The van der Waals surface area contributed by atoms with Crippen LogP contribution in [-0.4, -0.2) is 33.8 Å². The Labute approximate surface area is 95.3 Å². The minimum Gasteiger partial charge on any atom is -0.388 e. The summed E-state index contributed by atoms with van der Waals surface area (Å²) in [5.74, 6) is 0.810. The molecule has 0 aromatic carbocycles. The Balaban J connectivity index is 2.23. The highest BCUT2D eigenvalue weighted by molar-refractivity contribution is 5.44. The van der Waals surface area contributed by atoms with Gasteiger partial charge in [0.2, 0.25) is 0 Å². The number of anilines is 1. The fourth-order valence-corrected chi connectivity index (χ4v) is 2.17. The maximum atomic E-state index is 10.0. The predicted molar refractivity (Wildman–Crippen MR) is 62.0 cm³/mol. The molecule has 16 heavy (non-hydrogen) atoms. The van der Waals surface area contributed by atoms with Crippen molar-refractivity contribution in [3.63, 3.8) is 0 Å². The highest BCUT2D eigenvalue weighted by Gasteiger charge is 2.29. The van der Waals surface area contributed by atoms with Crippen LogP contribution in [0.2, 0.25) is 0 Å². The minimum absolute atomic E-state index is 0.377. The molecule has 0 radical (unpaired) electrons. The summed E-state index contributed by atoms with van der Waals surface area (Å²) in [6, 6.07) is 0. The predicted octanol–water partition coefficient (Wildman–Crippen LogP) is 0.287. The largest absolute Gasteiger partial charge is 0.388 e. The van der Waals surface area contributed by atoms with Crippen molar-refractivity contribution in [1.29, 1.82) is 0 Å². The SMILES string of the molecule is CC1(O)CCCN(c2nccnc2CN)C1. The van der Waals surface area contributed by atoms with Crippen LogP contribution in [0.25, 0.3) is 0 Å². The lowest BCUT2D eigenvalue weighted by Crippen LogP contribution is -2.47. The van der Waals surface area contributed by atoms with Crippen LogP contribution >= 0.6 is 0 Å². The molecule has 1 aromatic heterocycles.